The van der Waals surface area contributed by atoms with E-state index < -0.39 is 0 Å². The minimum atomic E-state index is 1.02. The third-order valence-electron chi connectivity index (χ3n) is 5.23. The summed E-state index contributed by atoms with van der Waals surface area (Å²) >= 11 is 3.54. The van der Waals surface area contributed by atoms with Gasteiger partial charge in [-0.05, 0) is 42.2 Å². The summed E-state index contributed by atoms with van der Waals surface area (Å²) in [4.78, 5) is 11.6. The summed E-state index contributed by atoms with van der Waals surface area (Å²) < 4.78 is 0. The number of rotatable bonds is 6. The summed E-state index contributed by atoms with van der Waals surface area (Å²) in [6.07, 6.45) is 8.48. The fraction of sp³-hybridized carbons (Fsp3) is 0.400. The number of aromatic amines is 2. The number of piperazine rings is 1. The molecule has 0 radical (unpaired) electrons. The fourth-order valence-electron chi connectivity index (χ4n) is 3.72. The molecule has 0 aliphatic carbocycles. The molecule has 4 nitrogen and oxygen atoms in total. The van der Waals surface area contributed by atoms with Gasteiger partial charge in [-0.1, -0.05) is 22.0 Å². The van der Waals surface area contributed by atoms with Crippen LogP contribution in [0.25, 0.3) is 10.9 Å². The highest BCUT2D eigenvalue weighted by molar-refractivity contribution is 9.09. The summed E-state index contributed by atoms with van der Waals surface area (Å²) in [5.41, 5.74) is 5.42. The van der Waals surface area contributed by atoms with E-state index in [1.807, 2.05) is 6.20 Å². The van der Waals surface area contributed by atoms with Crippen LogP contribution in [0.4, 0.5) is 5.69 Å². The first-order valence-corrected chi connectivity index (χ1v) is 10.2. The minimum absolute atomic E-state index is 1.02. The summed E-state index contributed by atoms with van der Waals surface area (Å²) in [6.45, 7) is 5.64. The predicted molar refractivity (Wildman–Crippen MR) is 109 cm³/mol. The van der Waals surface area contributed by atoms with Crippen LogP contribution in [-0.4, -0.2) is 52.9 Å². The van der Waals surface area contributed by atoms with Crippen LogP contribution in [0.15, 0.2) is 42.9 Å². The Kier molecular flexibility index (Phi) is 5.13. The van der Waals surface area contributed by atoms with Crippen molar-refractivity contribution in [2.24, 2.45) is 0 Å². The second-order valence-electron chi connectivity index (χ2n) is 6.78. The molecule has 1 aliphatic heterocycles. The normalized spacial score (nSPS) is 16.0. The van der Waals surface area contributed by atoms with Crippen LogP contribution >= 0.6 is 15.9 Å². The van der Waals surface area contributed by atoms with Gasteiger partial charge in [0.15, 0.2) is 0 Å². The Morgan fingerprint density at radius 3 is 2.64 bits per heavy atom. The third-order valence-corrected chi connectivity index (χ3v) is 5.63. The lowest BCUT2D eigenvalue weighted by Gasteiger charge is -2.35. The van der Waals surface area contributed by atoms with Crippen molar-refractivity contribution in [3.63, 3.8) is 0 Å². The number of halogens is 1. The van der Waals surface area contributed by atoms with Crippen LogP contribution < -0.4 is 4.90 Å². The molecule has 1 aliphatic rings. The number of benzene rings is 1. The molecule has 1 fully saturated rings. The van der Waals surface area contributed by atoms with Crippen molar-refractivity contribution in [2.75, 3.05) is 43.0 Å². The van der Waals surface area contributed by atoms with Gasteiger partial charge >= 0.3 is 0 Å². The Morgan fingerprint density at radius 2 is 1.88 bits per heavy atom. The second-order valence-corrected chi connectivity index (χ2v) is 7.57. The lowest BCUT2D eigenvalue weighted by Crippen LogP contribution is -2.46. The number of nitrogens with one attached hydrogen (secondary N) is 2. The molecule has 132 valence electrons. The number of H-pyrrole nitrogens is 2. The highest BCUT2D eigenvalue weighted by atomic mass is 79.9. The monoisotopic (exact) mass is 400 g/mol. The van der Waals surface area contributed by atoms with Crippen molar-refractivity contribution < 1.29 is 0 Å². The highest BCUT2D eigenvalue weighted by Crippen LogP contribution is 2.22. The van der Waals surface area contributed by atoms with E-state index in [1.54, 1.807) is 0 Å². The molecule has 2 aromatic heterocycles. The lowest BCUT2D eigenvalue weighted by molar-refractivity contribution is 0.261. The zero-order chi connectivity index (χ0) is 17.1. The quantitative estimate of drug-likeness (QED) is 0.617. The van der Waals surface area contributed by atoms with Crippen molar-refractivity contribution in [1.82, 2.24) is 14.9 Å². The number of nitrogens with zero attached hydrogens (tertiary/aromatic N) is 2. The Hall–Kier alpha value is -1.72. The third kappa shape index (κ3) is 3.77. The lowest BCUT2D eigenvalue weighted by atomic mass is 10.1. The van der Waals surface area contributed by atoms with E-state index in [9.17, 15) is 0 Å². The molecule has 4 rings (SSSR count). The maximum Gasteiger partial charge on any atom is 0.0544 e. The largest absolute Gasteiger partial charge is 0.368 e. The molecule has 0 unspecified atom stereocenters. The maximum absolute atomic E-state index is 3.54. The van der Waals surface area contributed by atoms with Gasteiger partial charge in [0.25, 0.3) is 0 Å². The van der Waals surface area contributed by atoms with Gasteiger partial charge in [0.1, 0.15) is 0 Å². The molecule has 0 saturated carbocycles. The zero-order valence-electron chi connectivity index (χ0n) is 14.5. The first-order chi connectivity index (χ1) is 12.3. The predicted octanol–water partition coefficient (Wildman–Crippen LogP) is 3.80. The van der Waals surface area contributed by atoms with Crippen LogP contribution in [0.1, 0.15) is 11.1 Å². The second kappa shape index (κ2) is 7.67. The zero-order valence-corrected chi connectivity index (χ0v) is 16.1. The summed E-state index contributed by atoms with van der Waals surface area (Å²) in [6, 6.07) is 8.95. The number of anilines is 1. The first kappa shape index (κ1) is 16.7. The van der Waals surface area contributed by atoms with Crippen molar-refractivity contribution in [3.05, 3.63) is 54.0 Å². The fourth-order valence-corrected chi connectivity index (χ4v) is 4.17. The van der Waals surface area contributed by atoms with Crippen molar-refractivity contribution in [1.29, 1.82) is 0 Å². The number of aryl methyl sites for hydroxylation is 1. The van der Waals surface area contributed by atoms with Crippen molar-refractivity contribution in [3.8, 4) is 0 Å². The maximum atomic E-state index is 3.54. The number of alkyl halides is 1. The molecule has 2 N–H and O–H groups in total. The molecule has 0 atom stereocenters. The minimum Gasteiger partial charge on any atom is -0.368 e. The van der Waals surface area contributed by atoms with Gasteiger partial charge in [0.05, 0.1) is 5.69 Å². The summed E-state index contributed by atoms with van der Waals surface area (Å²) in [5.74, 6) is 0. The molecule has 25 heavy (non-hydrogen) atoms. The van der Waals surface area contributed by atoms with E-state index in [-0.39, 0.29) is 0 Å². The summed E-state index contributed by atoms with van der Waals surface area (Å²) in [7, 11) is 0. The molecular weight excluding hydrogens is 376 g/mol. The molecule has 3 aromatic rings. The topological polar surface area (TPSA) is 38.1 Å². The van der Waals surface area contributed by atoms with Gasteiger partial charge in [-0.25, -0.2) is 0 Å². The molecule has 1 aromatic carbocycles. The Balaban J connectivity index is 1.36. The van der Waals surface area contributed by atoms with Gasteiger partial charge in [0.2, 0.25) is 0 Å². The highest BCUT2D eigenvalue weighted by Gasteiger charge is 2.17. The van der Waals surface area contributed by atoms with Gasteiger partial charge in [-0.2, -0.15) is 0 Å². The van der Waals surface area contributed by atoms with Crippen LogP contribution in [0.3, 0.4) is 0 Å². The van der Waals surface area contributed by atoms with Gasteiger partial charge in [-0.15, -0.1) is 0 Å². The van der Waals surface area contributed by atoms with E-state index in [1.165, 1.54) is 27.7 Å². The van der Waals surface area contributed by atoms with Crippen molar-refractivity contribution >= 4 is 32.5 Å². The van der Waals surface area contributed by atoms with Crippen LogP contribution in [0.2, 0.25) is 0 Å². The summed E-state index contributed by atoms with van der Waals surface area (Å²) in [5, 5.41) is 2.41. The molecule has 0 spiro atoms. The Morgan fingerprint density at radius 1 is 1.00 bits per heavy atom. The number of hydrogen-bond donors (Lipinski definition) is 2. The average molecular weight is 401 g/mol. The van der Waals surface area contributed by atoms with Gasteiger partial charge < -0.3 is 14.9 Å². The van der Waals surface area contributed by atoms with Gasteiger partial charge in [-0.3, -0.25) is 4.90 Å². The van der Waals surface area contributed by atoms with Crippen LogP contribution in [-0.2, 0) is 12.8 Å². The number of fused-ring (bicyclic) bond motifs is 1. The van der Waals surface area contributed by atoms with Crippen LogP contribution in [0, 0.1) is 0 Å². The van der Waals surface area contributed by atoms with Gasteiger partial charge in [0, 0.05) is 67.5 Å². The first-order valence-electron chi connectivity index (χ1n) is 9.08. The van der Waals surface area contributed by atoms with E-state index in [2.05, 4.69) is 72.4 Å². The van der Waals surface area contributed by atoms with Crippen LogP contribution in [0.5, 0.6) is 0 Å². The SMILES string of the molecule is BrCCc1ccc2[nH]cc(CCN3CCN(c4cc[nH]c4)CC3)c2c1. The van der Waals surface area contributed by atoms with Crippen molar-refractivity contribution in [2.45, 2.75) is 12.8 Å². The molecule has 0 bridgehead atoms. The van der Waals surface area contributed by atoms with E-state index in [4.69, 9.17) is 0 Å². The Labute approximate surface area is 157 Å². The number of aromatic nitrogens is 2. The van der Waals surface area contributed by atoms with E-state index in [0.29, 0.717) is 0 Å². The molecule has 3 heterocycles. The average Bonchev–Trinajstić information content (AvgIpc) is 3.31. The number of hydrogen-bond acceptors (Lipinski definition) is 2. The van der Waals surface area contributed by atoms with E-state index >= 15 is 0 Å². The smallest absolute Gasteiger partial charge is 0.0544 e. The molecule has 5 heteroatoms. The standard InChI is InChI=1S/C20H25BrN4/c21-6-3-16-1-2-20-19(13-16)17(14-23-20)5-8-24-9-11-25(12-10-24)18-4-7-22-15-18/h1-2,4,7,13-15,22-23H,3,5-6,8-12H2. The molecule has 1 saturated heterocycles. The Bertz CT molecular complexity index is 800. The molecule has 0 amide bonds. The van der Waals surface area contributed by atoms with E-state index in [0.717, 1.165) is 50.9 Å². The molecular formula is C20H25BrN4.